The third-order valence-corrected chi connectivity index (χ3v) is 3.06. The Morgan fingerprint density at radius 1 is 0.478 bits per heavy atom. The van der Waals surface area contributed by atoms with Crippen molar-refractivity contribution in [3.63, 3.8) is 0 Å². The molecule has 1 aromatic carbocycles. The summed E-state index contributed by atoms with van der Waals surface area (Å²) in [5.41, 5.74) is -6.19. The van der Waals surface area contributed by atoms with E-state index in [2.05, 4.69) is 0 Å². The molecule has 12 heteroatoms. The molecular weight excluding hydrogens is 360 g/mol. The van der Waals surface area contributed by atoms with Crippen molar-refractivity contribution in [1.29, 1.82) is 0 Å². The standard InChI is InChI=1S/C11F12/c12-3-1(4(13)6(15)7(16)5(3)14)2-8(17)10(20,21)11(22,23)9(2,18)19. The summed E-state index contributed by atoms with van der Waals surface area (Å²) in [5, 5.41) is 0. The molecular formula is C11F12. The third-order valence-electron chi connectivity index (χ3n) is 3.06. The first kappa shape index (κ1) is 17.5. The molecule has 0 radical (unpaired) electrons. The summed E-state index contributed by atoms with van der Waals surface area (Å²) >= 11 is 0. The monoisotopic (exact) mass is 360 g/mol. The van der Waals surface area contributed by atoms with Gasteiger partial charge in [0.05, 0.1) is 11.1 Å². The molecule has 23 heavy (non-hydrogen) atoms. The number of halogens is 12. The van der Waals surface area contributed by atoms with Gasteiger partial charge in [0, 0.05) is 0 Å². The summed E-state index contributed by atoms with van der Waals surface area (Å²) in [6.07, 6.45) is 0. The highest BCUT2D eigenvalue weighted by Crippen LogP contribution is 2.62. The van der Waals surface area contributed by atoms with E-state index in [-0.39, 0.29) is 0 Å². The Labute approximate surface area is 118 Å². The lowest BCUT2D eigenvalue weighted by Gasteiger charge is -2.24. The molecule has 0 aromatic heterocycles. The van der Waals surface area contributed by atoms with E-state index in [0.717, 1.165) is 0 Å². The summed E-state index contributed by atoms with van der Waals surface area (Å²) in [7, 11) is 0. The molecule has 0 bridgehead atoms. The zero-order chi connectivity index (χ0) is 18.1. The number of hydrogen-bond donors (Lipinski definition) is 0. The van der Waals surface area contributed by atoms with Gasteiger partial charge >= 0.3 is 17.8 Å². The molecule has 1 aliphatic rings. The summed E-state index contributed by atoms with van der Waals surface area (Å²) in [6, 6.07) is 0. The molecule has 0 nitrogen and oxygen atoms in total. The highest BCUT2D eigenvalue weighted by Gasteiger charge is 2.81. The van der Waals surface area contributed by atoms with E-state index >= 15 is 0 Å². The quantitative estimate of drug-likeness (QED) is 0.376. The van der Waals surface area contributed by atoms with Crippen molar-refractivity contribution < 1.29 is 52.7 Å². The van der Waals surface area contributed by atoms with Crippen LogP contribution in [0.3, 0.4) is 0 Å². The molecule has 0 spiro atoms. The minimum absolute atomic E-state index is 2.87. The fraction of sp³-hybridized carbons (Fsp3) is 0.273. The molecule has 0 N–H and O–H groups in total. The first-order valence-corrected chi connectivity index (χ1v) is 5.27. The van der Waals surface area contributed by atoms with Crippen molar-refractivity contribution in [3.8, 4) is 0 Å². The predicted molar refractivity (Wildman–Crippen MR) is 49.1 cm³/mol. The number of alkyl halides is 6. The van der Waals surface area contributed by atoms with E-state index in [1.165, 1.54) is 0 Å². The van der Waals surface area contributed by atoms with Gasteiger partial charge in [-0.3, -0.25) is 0 Å². The number of benzene rings is 1. The molecule has 0 fully saturated rings. The van der Waals surface area contributed by atoms with Gasteiger partial charge < -0.3 is 0 Å². The molecule has 128 valence electrons. The Kier molecular flexibility index (Phi) is 3.47. The summed E-state index contributed by atoms with van der Waals surface area (Å²) in [6.45, 7) is 0. The fourth-order valence-corrected chi connectivity index (χ4v) is 1.88. The number of rotatable bonds is 1. The summed E-state index contributed by atoms with van der Waals surface area (Å²) in [4.78, 5) is 0. The van der Waals surface area contributed by atoms with Crippen LogP contribution in [0.4, 0.5) is 52.7 Å². The molecule has 0 unspecified atom stereocenters. The molecule has 0 saturated heterocycles. The van der Waals surface area contributed by atoms with Gasteiger partial charge in [-0.15, -0.1) is 0 Å². The Morgan fingerprint density at radius 2 is 0.826 bits per heavy atom. The Bertz CT molecular complexity index is 700. The molecule has 2 rings (SSSR count). The second-order valence-electron chi connectivity index (χ2n) is 4.36. The number of hydrogen-bond acceptors (Lipinski definition) is 0. The van der Waals surface area contributed by atoms with Crippen LogP contribution in [0, 0.1) is 29.1 Å². The molecule has 0 amide bonds. The second kappa shape index (κ2) is 4.57. The molecule has 0 atom stereocenters. The van der Waals surface area contributed by atoms with Crippen LogP contribution in [-0.4, -0.2) is 17.8 Å². The zero-order valence-electron chi connectivity index (χ0n) is 10.0. The fourth-order valence-electron chi connectivity index (χ4n) is 1.88. The van der Waals surface area contributed by atoms with Gasteiger partial charge in [0.2, 0.25) is 5.82 Å². The van der Waals surface area contributed by atoms with E-state index in [0.29, 0.717) is 0 Å². The SMILES string of the molecule is FC1=C(c2c(F)c(F)c(F)c(F)c2F)C(F)(F)C(F)(F)C1(F)F. The molecule has 0 saturated carbocycles. The number of allylic oxidation sites excluding steroid dienone is 2. The second-order valence-corrected chi connectivity index (χ2v) is 4.36. The van der Waals surface area contributed by atoms with E-state index in [4.69, 9.17) is 0 Å². The van der Waals surface area contributed by atoms with Gasteiger partial charge in [-0.25, -0.2) is 26.3 Å². The predicted octanol–water partition coefficient (Wildman–Crippen LogP) is 4.98. The van der Waals surface area contributed by atoms with Gasteiger partial charge in [0.25, 0.3) is 0 Å². The van der Waals surface area contributed by atoms with Crippen LogP contribution in [0.15, 0.2) is 5.83 Å². The average Bonchev–Trinajstić information content (AvgIpc) is 2.53. The van der Waals surface area contributed by atoms with E-state index < -0.39 is 63.8 Å². The van der Waals surface area contributed by atoms with Crippen molar-refractivity contribution in [2.45, 2.75) is 17.8 Å². The van der Waals surface area contributed by atoms with Crippen LogP contribution in [0.1, 0.15) is 5.56 Å². The summed E-state index contributed by atoms with van der Waals surface area (Å²) < 4.78 is 157. The first-order valence-electron chi connectivity index (χ1n) is 5.27. The lowest BCUT2D eigenvalue weighted by Crippen LogP contribution is -2.49. The van der Waals surface area contributed by atoms with Crippen LogP contribution >= 0.6 is 0 Å². The van der Waals surface area contributed by atoms with Gasteiger partial charge in [-0.2, -0.15) is 26.3 Å². The summed E-state index contributed by atoms with van der Waals surface area (Å²) in [5.74, 6) is -37.6. The van der Waals surface area contributed by atoms with Crippen LogP contribution in [0.25, 0.3) is 5.57 Å². The van der Waals surface area contributed by atoms with E-state index in [9.17, 15) is 52.7 Å². The Balaban J connectivity index is 2.96. The van der Waals surface area contributed by atoms with Crippen molar-refractivity contribution >= 4 is 5.57 Å². The van der Waals surface area contributed by atoms with E-state index in [1.807, 2.05) is 0 Å². The van der Waals surface area contributed by atoms with Crippen LogP contribution in [-0.2, 0) is 0 Å². The molecule has 1 aliphatic carbocycles. The smallest absolute Gasteiger partial charge is 0.204 e. The van der Waals surface area contributed by atoms with Crippen molar-refractivity contribution in [3.05, 3.63) is 40.5 Å². The highest BCUT2D eigenvalue weighted by molar-refractivity contribution is 5.79. The van der Waals surface area contributed by atoms with E-state index in [1.54, 1.807) is 0 Å². The molecule has 1 aromatic rings. The van der Waals surface area contributed by atoms with Crippen LogP contribution in [0.5, 0.6) is 0 Å². The topological polar surface area (TPSA) is 0 Å². The lowest BCUT2D eigenvalue weighted by atomic mass is 9.99. The lowest BCUT2D eigenvalue weighted by molar-refractivity contribution is -0.263. The average molecular weight is 360 g/mol. The Morgan fingerprint density at radius 3 is 1.13 bits per heavy atom. The maximum atomic E-state index is 13.3. The third kappa shape index (κ3) is 1.83. The molecule has 0 aliphatic heterocycles. The zero-order valence-corrected chi connectivity index (χ0v) is 10.0. The largest absolute Gasteiger partial charge is 0.383 e. The minimum Gasteiger partial charge on any atom is -0.204 e. The maximum Gasteiger partial charge on any atom is 0.383 e. The molecule has 0 heterocycles. The van der Waals surface area contributed by atoms with Gasteiger partial charge in [0.15, 0.2) is 29.1 Å². The van der Waals surface area contributed by atoms with Crippen molar-refractivity contribution in [2.75, 3.05) is 0 Å². The van der Waals surface area contributed by atoms with Crippen LogP contribution < -0.4 is 0 Å². The van der Waals surface area contributed by atoms with Gasteiger partial charge in [-0.1, -0.05) is 0 Å². The Hall–Kier alpha value is -1.88. The van der Waals surface area contributed by atoms with Crippen LogP contribution in [0.2, 0.25) is 0 Å². The normalized spacial score (nSPS) is 21.9. The van der Waals surface area contributed by atoms with Crippen molar-refractivity contribution in [2.24, 2.45) is 0 Å². The van der Waals surface area contributed by atoms with Gasteiger partial charge in [0.1, 0.15) is 0 Å². The first-order chi connectivity index (χ1) is 10.2. The minimum atomic E-state index is -6.49. The van der Waals surface area contributed by atoms with Gasteiger partial charge in [-0.05, 0) is 0 Å². The van der Waals surface area contributed by atoms with Crippen molar-refractivity contribution in [1.82, 2.24) is 0 Å². The maximum absolute atomic E-state index is 13.3. The highest BCUT2D eigenvalue weighted by atomic mass is 19.3.